The average molecular weight is 175 g/mol. The predicted octanol–water partition coefficient (Wildman–Crippen LogP) is 2.19. The van der Waals surface area contributed by atoms with E-state index < -0.39 is 0 Å². The Bertz CT molecular complexity index is 91.6. The van der Waals surface area contributed by atoms with E-state index in [4.69, 9.17) is 0 Å². The average Bonchev–Trinajstić information content (AvgIpc) is 1.87. The summed E-state index contributed by atoms with van der Waals surface area (Å²) >= 11 is 4.32. The third-order valence-corrected chi connectivity index (χ3v) is 2.43. The van der Waals surface area contributed by atoms with Crippen LogP contribution < -0.4 is 5.32 Å². The van der Waals surface area contributed by atoms with Crippen molar-refractivity contribution in [2.24, 2.45) is 11.8 Å². The molecule has 2 heteroatoms. The SMILES string of the molecule is CC(C)NCC(CS)C(C)C. The molecule has 0 aliphatic heterocycles. The van der Waals surface area contributed by atoms with Gasteiger partial charge in [-0.15, -0.1) is 0 Å². The smallest absolute Gasteiger partial charge is 0.00105 e. The first-order valence-corrected chi connectivity index (χ1v) is 5.05. The Labute approximate surface area is 76.4 Å². The molecule has 0 saturated carbocycles. The molecule has 1 unspecified atom stereocenters. The number of hydrogen-bond acceptors (Lipinski definition) is 2. The molecule has 0 aromatic carbocycles. The predicted molar refractivity (Wildman–Crippen MR) is 55.3 cm³/mol. The maximum absolute atomic E-state index is 4.32. The molecule has 0 aliphatic rings. The Hall–Kier alpha value is 0.310. The van der Waals surface area contributed by atoms with Crippen molar-refractivity contribution in [1.82, 2.24) is 5.32 Å². The van der Waals surface area contributed by atoms with Gasteiger partial charge in [-0.1, -0.05) is 27.7 Å². The number of nitrogens with one attached hydrogen (secondary N) is 1. The monoisotopic (exact) mass is 175 g/mol. The van der Waals surface area contributed by atoms with Gasteiger partial charge in [0, 0.05) is 6.04 Å². The molecule has 0 aromatic rings. The first kappa shape index (κ1) is 11.3. The van der Waals surface area contributed by atoms with Crippen molar-refractivity contribution in [2.75, 3.05) is 12.3 Å². The quantitative estimate of drug-likeness (QED) is 0.610. The normalized spacial score (nSPS) is 14.5. The molecule has 0 fully saturated rings. The lowest BCUT2D eigenvalue weighted by Crippen LogP contribution is -2.32. The Morgan fingerprint density at radius 3 is 2.00 bits per heavy atom. The lowest BCUT2D eigenvalue weighted by Gasteiger charge is -2.20. The highest BCUT2D eigenvalue weighted by Gasteiger charge is 2.10. The molecule has 1 N–H and O–H groups in total. The van der Waals surface area contributed by atoms with Crippen molar-refractivity contribution in [3.8, 4) is 0 Å². The fourth-order valence-electron chi connectivity index (χ4n) is 0.898. The highest BCUT2D eigenvalue weighted by Crippen LogP contribution is 2.10. The highest BCUT2D eigenvalue weighted by molar-refractivity contribution is 7.80. The van der Waals surface area contributed by atoms with Crippen LogP contribution in [-0.4, -0.2) is 18.3 Å². The van der Waals surface area contributed by atoms with Crippen molar-refractivity contribution in [1.29, 1.82) is 0 Å². The van der Waals surface area contributed by atoms with Crippen LogP contribution in [0.5, 0.6) is 0 Å². The van der Waals surface area contributed by atoms with E-state index in [1.165, 1.54) is 0 Å². The van der Waals surface area contributed by atoms with E-state index in [1.54, 1.807) is 0 Å². The number of thiol groups is 1. The van der Waals surface area contributed by atoms with Gasteiger partial charge in [-0.05, 0) is 24.1 Å². The van der Waals surface area contributed by atoms with Gasteiger partial charge in [0.05, 0.1) is 0 Å². The third-order valence-electron chi connectivity index (χ3n) is 1.97. The third kappa shape index (κ3) is 5.57. The second kappa shape index (κ2) is 5.90. The van der Waals surface area contributed by atoms with Crippen molar-refractivity contribution in [3.05, 3.63) is 0 Å². The van der Waals surface area contributed by atoms with Crippen molar-refractivity contribution >= 4 is 12.6 Å². The van der Waals surface area contributed by atoms with Crippen LogP contribution in [0.15, 0.2) is 0 Å². The maximum atomic E-state index is 4.32. The molecule has 0 aliphatic carbocycles. The molecule has 0 amide bonds. The Morgan fingerprint density at radius 1 is 1.18 bits per heavy atom. The summed E-state index contributed by atoms with van der Waals surface area (Å²) in [6.45, 7) is 9.95. The van der Waals surface area contributed by atoms with Crippen LogP contribution in [-0.2, 0) is 0 Å². The van der Waals surface area contributed by atoms with Crippen LogP contribution in [0.1, 0.15) is 27.7 Å². The standard InChI is InChI=1S/C9H21NS/c1-7(2)9(6-11)5-10-8(3)4/h7-11H,5-6H2,1-4H3. The topological polar surface area (TPSA) is 12.0 Å². The number of hydrogen-bond donors (Lipinski definition) is 2. The van der Waals surface area contributed by atoms with Gasteiger partial charge >= 0.3 is 0 Å². The van der Waals surface area contributed by atoms with Crippen LogP contribution in [0.2, 0.25) is 0 Å². The zero-order valence-corrected chi connectivity index (χ0v) is 8.99. The van der Waals surface area contributed by atoms with Gasteiger partial charge in [0.15, 0.2) is 0 Å². The molecule has 0 aromatic heterocycles. The molecule has 1 nitrogen and oxygen atoms in total. The Balaban J connectivity index is 3.52. The molecule has 0 heterocycles. The first-order valence-electron chi connectivity index (χ1n) is 4.42. The minimum absolute atomic E-state index is 0.594. The van der Waals surface area contributed by atoms with E-state index in [9.17, 15) is 0 Å². The summed E-state index contributed by atoms with van der Waals surface area (Å²) in [4.78, 5) is 0. The second-order valence-corrected chi connectivity index (χ2v) is 4.11. The van der Waals surface area contributed by atoms with Crippen LogP contribution >= 0.6 is 12.6 Å². The summed E-state index contributed by atoms with van der Waals surface area (Å²) in [5, 5.41) is 3.43. The summed E-state index contributed by atoms with van der Waals surface area (Å²) in [5.74, 6) is 2.43. The molecule has 0 radical (unpaired) electrons. The van der Waals surface area contributed by atoms with Gasteiger partial charge in [0.25, 0.3) is 0 Å². The Kier molecular flexibility index (Phi) is 6.06. The van der Waals surface area contributed by atoms with Crippen molar-refractivity contribution in [2.45, 2.75) is 33.7 Å². The van der Waals surface area contributed by atoms with Gasteiger partial charge in [0.2, 0.25) is 0 Å². The van der Waals surface area contributed by atoms with E-state index in [0.29, 0.717) is 12.0 Å². The summed E-state index contributed by atoms with van der Waals surface area (Å²) in [6.07, 6.45) is 0. The van der Waals surface area contributed by atoms with E-state index in [2.05, 4.69) is 45.6 Å². The van der Waals surface area contributed by atoms with Gasteiger partial charge in [0.1, 0.15) is 0 Å². The molecule has 0 spiro atoms. The van der Waals surface area contributed by atoms with Crippen molar-refractivity contribution in [3.63, 3.8) is 0 Å². The van der Waals surface area contributed by atoms with E-state index >= 15 is 0 Å². The number of rotatable bonds is 5. The fourth-order valence-corrected chi connectivity index (χ4v) is 1.45. The Morgan fingerprint density at radius 2 is 1.73 bits per heavy atom. The molecular weight excluding hydrogens is 154 g/mol. The summed E-state index contributed by atoms with van der Waals surface area (Å²) < 4.78 is 0. The molecular formula is C9H21NS. The molecule has 11 heavy (non-hydrogen) atoms. The molecule has 0 rings (SSSR count). The fraction of sp³-hybridized carbons (Fsp3) is 1.00. The van der Waals surface area contributed by atoms with Crippen LogP contribution in [0, 0.1) is 11.8 Å². The summed E-state index contributed by atoms with van der Waals surface area (Å²) in [5.41, 5.74) is 0. The molecule has 68 valence electrons. The van der Waals surface area contributed by atoms with Crippen LogP contribution in [0.4, 0.5) is 0 Å². The molecule has 0 bridgehead atoms. The zero-order chi connectivity index (χ0) is 8.85. The maximum Gasteiger partial charge on any atom is 0.00105 e. The van der Waals surface area contributed by atoms with Crippen LogP contribution in [0.3, 0.4) is 0 Å². The van der Waals surface area contributed by atoms with Gasteiger partial charge in [-0.3, -0.25) is 0 Å². The molecule has 0 saturated heterocycles. The van der Waals surface area contributed by atoms with E-state index in [1.807, 2.05) is 0 Å². The largest absolute Gasteiger partial charge is 0.314 e. The summed E-state index contributed by atoms with van der Waals surface area (Å²) in [7, 11) is 0. The zero-order valence-electron chi connectivity index (χ0n) is 8.09. The highest BCUT2D eigenvalue weighted by atomic mass is 32.1. The lowest BCUT2D eigenvalue weighted by molar-refractivity contribution is 0.386. The van der Waals surface area contributed by atoms with Gasteiger partial charge in [-0.25, -0.2) is 0 Å². The van der Waals surface area contributed by atoms with E-state index in [-0.39, 0.29) is 0 Å². The first-order chi connectivity index (χ1) is 5.07. The molecule has 1 atom stereocenters. The van der Waals surface area contributed by atoms with Crippen LogP contribution in [0.25, 0.3) is 0 Å². The van der Waals surface area contributed by atoms with Gasteiger partial charge in [-0.2, -0.15) is 12.6 Å². The van der Waals surface area contributed by atoms with Gasteiger partial charge < -0.3 is 5.32 Å². The lowest BCUT2D eigenvalue weighted by atomic mass is 9.98. The minimum Gasteiger partial charge on any atom is -0.314 e. The summed E-state index contributed by atoms with van der Waals surface area (Å²) in [6, 6.07) is 0.594. The van der Waals surface area contributed by atoms with E-state index in [0.717, 1.165) is 18.2 Å². The second-order valence-electron chi connectivity index (χ2n) is 3.75. The van der Waals surface area contributed by atoms with Crippen molar-refractivity contribution < 1.29 is 0 Å². The minimum atomic E-state index is 0.594.